The fraction of sp³-hybridized carbons (Fsp3) is 0.190. The smallest absolute Gasteiger partial charge is 0.248 e. The summed E-state index contributed by atoms with van der Waals surface area (Å²) in [5.41, 5.74) is 8.03. The number of primary amides is 1. The van der Waals surface area contributed by atoms with Crippen molar-refractivity contribution in [2.24, 2.45) is 5.73 Å². The van der Waals surface area contributed by atoms with E-state index in [4.69, 9.17) is 20.1 Å². The van der Waals surface area contributed by atoms with Crippen molar-refractivity contribution in [3.05, 3.63) is 53.8 Å². The summed E-state index contributed by atoms with van der Waals surface area (Å²) >= 11 is 0. The monoisotopic (exact) mass is 378 g/mol. The van der Waals surface area contributed by atoms with Crippen LogP contribution in [-0.2, 0) is 0 Å². The van der Waals surface area contributed by atoms with Gasteiger partial charge in [-0.2, -0.15) is 0 Å². The van der Waals surface area contributed by atoms with Crippen molar-refractivity contribution in [2.75, 3.05) is 11.9 Å². The third-order valence-corrected chi connectivity index (χ3v) is 4.75. The number of hydrogen-bond donors (Lipinski definition) is 1. The Morgan fingerprint density at radius 3 is 2.61 bits per heavy atom. The zero-order valence-electron chi connectivity index (χ0n) is 15.7. The van der Waals surface area contributed by atoms with Crippen LogP contribution in [-0.4, -0.2) is 29.0 Å². The molecule has 0 aliphatic carbocycles. The highest BCUT2D eigenvalue weighted by Crippen LogP contribution is 2.34. The number of carbonyl (C=O) groups is 1. The van der Waals surface area contributed by atoms with E-state index < -0.39 is 5.91 Å². The molecule has 6 nitrogen and oxygen atoms in total. The largest absolute Gasteiger partial charge is 0.454 e. The summed E-state index contributed by atoms with van der Waals surface area (Å²) in [7, 11) is 1.91. The highest BCUT2D eigenvalue weighted by molar-refractivity contribution is 5.97. The lowest BCUT2D eigenvalue weighted by Gasteiger charge is -2.24. The number of benzene rings is 2. The van der Waals surface area contributed by atoms with Crippen molar-refractivity contribution in [3.63, 3.8) is 0 Å². The summed E-state index contributed by atoms with van der Waals surface area (Å²) in [4.78, 5) is 22.9. The second kappa shape index (κ2) is 6.60. The van der Waals surface area contributed by atoms with Crippen molar-refractivity contribution >= 4 is 33.7 Å². The van der Waals surface area contributed by atoms with Crippen molar-refractivity contribution in [3.8, 4) is 11.5 Å². The van der Waals surface area contributed by atoms with E-state index in [9.17, 15) is 9.18 Å². The van der Waals surface area contributed by atoms with Crippen LogP contribution in [0.15, 0.2) is 46.9 Å². The third kappa shape index (κ3) is 3.05. The first kappa shape index (κ1) is 17.9. The highest BCUT2D eigenvalue weighted by Gasteiger charge is 2.20. The number of amides is 1. The number of hydrogen-bond acceptors (Lipinski definition) is 5. The van der Waals surface area contributed by atoms with E-state index in [1.54, 1.807) is 30.3 Å². The standard InChI is InChI=1S/C21H19FN4O2/c1-11(2)26(3)21-19(18-10-13-8-14(22)5-7-17(13)28-18)24-15-6-4-12(20(23)27)9-16(15)25-21/h4-11H,1-3H3,(H2,23,27). The number of anilines is 1. The van der Waals surface area contributed by atoms with Crippen molar-refractivity contribution in [1.82, 2.24) is 9.97 Å². The van der Waals surface area contributed by atoms with Crippen LogP contribution in [0, 0.1) is 5.82 Å². The van der Waals surface area contributed by atoms with Gasteiger partial charge in [-0.15, -0.1) is 0 Å². The summed E-state index contributed by atoms with van der Waals surface area (Å²) in [5, 5.41) is 0.652. The van der Waals surface area contributed by atoms with Gasteiger partial charge in [0.1, 0.15) is 17.1 Å². The quantitative estimate of drug-likeness (QED) is 0.577. The van der Waals surface area contributed by atoms with Crippen LogP contribution >= 0.6 is 0 Å². The molecule has 142 valence electrons. The fourth-order valence-electron chi connectivity index (χ4n) is 2.98. The molecule has 0 spiro atoms. The fourth-order valence-corrected chi connectivity index (χ4v) is 2.98. The normalized spacial score (nSPS) is 11.5. The zero-order valence-corrected chi connectivity index (χ0v) is 15.7. The first-order chi connectivity index (χ1) is 13.3. The summed E-state index contributed by atoms with van der Waals surface area (Å²) in [5.74, 6) is 0.244. The molecule has 0 aliphatic rings. The van der Waals surface area contributed by atoms with Crippen molar-refractivity contribution in [2.45, 2.75) is 19.9 Å². The average molecular weight is 378 g/mol. The van der Waals surface area contributed by atoms with Gasteiger partial charge in [-0.05, 0) is 56.3 Å². The Balaban J connectivity index is 1.97. The highest BCUT2D eigenvalue weighted by atomic mass is 19.1. The van der Waals surface area contributed by atoms with Gasteiger partial charge in [0.25, 0.3) is 0 Å². The minimum absolute atomic E-state index is 0.145. The predicted octanol–water partition coefficient (Wildman–Crippen LogP) is 4.13. The zero-order chi connectivity index (χ0) is 20.0. The topological polar surface area (TPSA) is 85.3 Å². The van der Waals surface area contributed by atoms with Gasteiger partial charge in [0.2, 0.25) is 5.91 Å². The van der Waals surface area contributed by atoms with E-state index in [0.717, 1.165) is 0 Å². The predicted molar refractivity (Wildman–Crippen MR) is 107 cm³/mol. The third-order valence-electron chi connectivity index (χ3n) is 4.75. The molecular formula is C21H19FN4O2. The maximum atomic E-state index is 13.6. The second-order valence-corrected chi connectivity index (χ2v) is 6.96. The van der Waals surface area contributed by atoms with E-state index in [0.29, 0.717) is 44.8 Å². The van der Waals surface area contributed by atoms with Crippen LogP contribution in [0.3, 0.4) is 0 Å². The average Bonchev–Trinajstić information content (AvgIpc) is 3.08. The molecule has 0 fully saturated rings. The van der Waals surface area contributed by atoms with Crippen LogP contribution in [0.2, 0.25) is 0 Å². The van der Waals surface area contributed by atoms with Crippen LogP contribution in [0.4, 0.5) is 10.2 Å². The van der Waals surface area contributed by atoms with Gasteiger partial charge in [-0.3, -0.25) is 4.79 Å². The number of furan rings is 1. The van der Waals surface area contributed by atoms with E-state index in [1.165, 1.54) is 12.1 Å². The molecule has 0 atom stereocenters. The minimum Gasteiger partial charge on any atom is -0.454 e. The maximum Gasteiger partial charge on any atom is 0.248 e. The molecule has 7 heteroatoms. The Kier molecular flexibility index (Phi) is 4.22. The Bertz CT molecular complexity index is 1220. The van der Waals surface area contributed by atoms with Crippen LogP contribution in [0.1, 0.15) is 24.2 Å². The van der Waals surface area contributed by atoms with Gasteiger partial charge >= 0.3 is 0 Å². The Labute approximate surface area is 160 Å². The van der Waals surface area contributed by atoms with Gasteiger partial charge in [0, 0.05) is 24.0 Å². The number of nitrogens with two attached hydrogens (primary N) is 1. The van der Waals surface area contributed by atoms with Gasteiger partial charge < -0.3 is 15.1 Å². The molecule has 0 bridgehead atoms. The van der Waals surface area contributed by atoms with Gasteiger partial charge in [0.05, 0.1) is 11.0 Å². The number of nitrogens with zero attached hydrogens (tertiary/aromatic N) is 3. The summed E-state index contributed by atoms with van der Waals surface area (Å²) < 4.78 is 19.5. The molecule has 28 heavy (non-hydrogen) atoms. The summed E-state index contributed by atoms with van der Waals surface area (Å²) in [6, 6.07) is 11.2. The Morgan fingerprint density at radius 2 is 1.89 bits per heavy atom. The first-order valence-electron chi connectivity index (χ1n) is 8.87. The molecule has 0 aliphatic heterocycles. The second-order valence-electron chi connectivity index (χ2n) is 6.96. The van der Waals surface area contributed by atoms with Crippen LogP contribution < -0.4 is 10.6 Å². The molecule has 0 unspecified atom stereocenters. The minimum atomic E-state index is -0.522. The SMILES string of the molecule is CC(C)N(C)c1nc2cc(C(N)=O)ccc2nc1-c1cc2cc(F)ccc2o1. The van der Waals surface area contributed by atoms with E-state index in [1.807, 2.05) is 25.8 Å². The molecule has 0 saturated carbocycles. The number of halogens is 1. The Hall–Kier alpha value is -3.48. The molecule has 2 aromatic carbocycles. The number of carbonyl (C=O) groups excluding carboxylic acids is 1. The molecule has 1 amide bonds. The van der Waals surface area contributed by atoms with Gasteiger partial charge in [-0.25, -0.2) is 14.4 Å². The number of aromatic nitrogens is 2. The van der Waals surface area contributed by atoms with Crippen molar-refractivity contribution in [1.29, 1.82) is 0 Å². The van der Waals surface area contributed by atoms with Gasteiger partial charge in [0.15, 0.2) is 11.6 Å². The molecule has 2 N–H and O–H groups in total. The number of rotatable bonds is 4. The number of fused-ring (bicyclic) bond motifs is 2. The first-order valence-corrected chi connectivity index (χ1v) is 8.87. The molecule has 2 heterocycles. The summed E-state index contributed by atoms with van der Waals surface area (Å²) in [6.07, 6.45) is 0. The lowest BCUT2D eigenvalue weighted by molar-refractivity contribution is 0.100. The van der Waals surface area contributed by atoms with Gasteiger partial charge in [-0.1, -0.05) is 0 Å². The summed E-state index contributed by atoms with van der Waals surface area (Å²) in [6.45, 7) is 4.06. The van der Waals surface area contributed by atoms with E-state index in [-0.39, 0.29) is 11.9 Å². The van der Waals surface area contributed by atoms with E-state index >= 15 is 0 Å². The lowest BCUT2D eigenvalue weighted by atomic mass is 10.1. The lowest BCUT2D eigenvalue weighted by Crippen LogP contribution is -2.27. The Morgan fingerprint density at radius 1 is 1.11 bits per heavy atom. The maximum absolute atomic E-state index is 13.6. The van der Waals surface area contributed by atoms with E-state index in [2.05, 4.69) is 0 Å². The molecule has 0 radical (unpaired) electrons. The molecule has 4 aromatic rings. The van der Waals surface area contributed by atoms with Crippen LogP contribution in [0.5, 0.6) is 0 Å². The molecular weight excluding hydrogens is 359 g/mol. The molecule has 2 aromatic heterocycles. The molecule has 4 rings (SSSR count). The van der Waals surface area contributed by atoms with Crippen LogP contribution in [0.25, 0.3) is 33.5 Å². The molecule has 0 saturated heterocycles. The van der Waals surface area contributed by atoms with Crippen molar-refractivity contribution < 1.29 is 13.6 Å².